The quantitative estimate of drug-likeness (QED) is 0.711. The minimum atomic E-state index is -0.110. The predicted octanol–water partition coefficient (Wildman–Crippen LogP) is 2.20. The van der Waals surface area contributed by atoms with Crippen LogP contribution in [0.5, 0.6) is 0 Å². The molecule has 3 heterocycles. The third-order valence-electron chi connectivity index (χ3n) is 5.46. The zero-order chi connectivity index (χ0) is 21.1. The Morgan fingerprint density at radius 1 is 1.40 bits per heavy atom. The second kappa shape index (κ2) is 9.02. The Kier molecular flexibility index (Phi) is 6.20. The molecule has 2 fully saturated rings. The molecule has 2 N–H and O–H groups in total. The van der Waals surface area contributed by atoms with Crippen molar-refractivity contribution in [1.29, 1.82) is 5.26 Å². The smallest absolute Gasteiger partial charge is 0.223 e. The lowest BCUT2D eigenvalue weighted by Crippen LogP contribution is -2.34. The van der Waals surface area contributed by atoms with Crippen LogP contribution in [0.4, 0.5) is 5.13 Å². The van der Waals surface area contributed by atoms with Gasteiger partial charge in [0.15, 0.2) is 11.0 Å². The predicted molar refractivity (Wildman–Crippen MR) is 113 cm³/mol. The van der Waals surface area contributed by atoms with Crippen LogP contribution < -0.4 is 10.6 Å². The van der Waals surface area contributed by atoms with Crippen LogP contribution in [0.15, 0.2) is 23.1 Å². The number of carbonyl (C=O) groups excluding carboxylic acids is 1. The van der Waals surface area contributed by atoms with Crippen LogP contribution in [0.2, 0.25) is 0 Å². The number of nitriles is 1. The topological polar surface area (TPSA) is 112 Å². The molecule has 1 aromatic heterocycles. The Bertz CT molecular complexity index is 885. The van der Waals surface area contributed by atoms with Crippen LogP contribution in [0.1, 0.15) is 38.0 Å². The standard InChI is InChI=1S/C20H26N6O3S/c1-12-3-16(9-26(12)10-17-8-22-20(30-17)25-13(2)27)29-19-6-18(23-11-24-19)28-15-4-14(5-15)7-21/h6,8,12,14-16,24H,3-5,9-11H2,1-2H3,(H,22,25,27)/t12-,14?,15?,16?/m0/s1. The maximum Gasteiger partial charge on any atom is 0.223 e. The number of thiazole rings is 1. The number of hydrogen-bond acceptors (Lipinski definition) is 9. The Morgan fingerprint density at radius 2 is 2.23 bits per heavy atom. The van der Waals surface area contributed by atoms with Gasteiger partial charge in [-0.1, -0.05) is 0 Å². The van der Waals surface area contributed by atoms with Crippen molar-refractivity contribution < 1.29 is 14.3 Å². The number of carbonyl (C=O) groups is 1. The summed E-state index contributed by atoms with van der Waals surface area (Å²) >= 11 is 1.50. The molecule has 0 radical (unpaired) electrons. The number of ether oxygens (including phenoxy) is 2. The first-order chi connectivity index (χ1) is 14.5. The molecular formula is C20H26N6O3S. The SMILES string of the molecule is CC(=O)Nc1ncc(CN2CC(OC3=CC(OC4CC(C#N)C4)=NCN3)C[C@@H]2C)s1. The first-order valence-electron chi connectivity index (χ1n) is 10.2. The van der Waals surface area contributed by atoms with Crippen LogP contribution in [0.3, 0.4) is 0 Å². The zero-order valence-corrected chi connectivity index (χ0v) is 17.9. The van der Waals surface area contributed by atoms with Crippen molar-refractivity contribution in [3.8, 4) is 6.07 Å². The minimum absolute atomic E-state index is 0.0764. The van der Waals surface area contributed by atoms with Gasteiger partial charge in [-0.25, -0.2) is 9.98 Å². The number of nitrogens with zero attached hydrogens (tertiary/aromatic N) is 4. The van der Waals surface area contributed by atoms with Crippen molar-refractivity contribution in [2.45, 2.75) is 57.9 Å². The van der Waals surface area contributed by atoms with Crippen LogP contribution >= 0.6 is 11.3 Å². The molecule has 0 spiro atoms. The molecule has 1 unspecified atom stereocenters. The van der Waals surface area contributed by atoms with Gasteiger partial charge in [0.25, 0.3) is 0 Å². The summed E-state index contributed by atoms with van der Waals surface area (Å²) in [5.74, 6) is 1.25. The minimum Gasteiger partial charge on any atom is -0.474 e. The van der Waals surface area contributed by atoms with E-state index >= 15 is 0 Å². The van der Waals surface area contributed by atoms with Crippen molar-refractivity contribution >= 4 is 28.3 Å². The number of aromatic nitrogens is 1. The molecule has 0 aromatic carbocycles. The van der Waals surface area contributed by atoms with E-state index in [0.717, 1.165) is 37.2 Å². The lowest BCUT2D eigenvalue weighted by molar-refractivity contribution is -0.114. The molecule has 30 heavy (non-hydrogen) atoms. The lowest BCUT2D eigenvalue weighted by Gasteiger charge is -2.31. The van der Waals surface area contributed by atoms with Gasteiger partial charge in [0.2, 0.25) is 11.8 Å². The van der Waals surface area contributed by atoms with Crippen molar-refractivity contribution in [2.75, 3.05) is 18.5 Å². The highest BCUT2D eigenvalue weighted by atomic mass is 32.1. The molecule has 160 valence electrons. The number of aliphatic imine (C=N–C) groups is 1. The van der Waals surface area contributed by atoms with Gasteiger partial charge in [0.05, 0.1) is 18.1 Å². The Hall–Kier alpha value is -2.64. The maximum atomic E-state index is 11.2. The summed E-state index contributed by atoms with van der Waals surface area (Å²) < 4.78 is 12.0. The second-order valence-electron chi connectivity index (χ2n) is 7.94. The average molecular weight is 431 g/mol. The van der Waals surface area contributed by atoms with Crippen molar-refractivity contribution in [2.24, 2.45) is 10.9 Å². The Morgan fingerprint density at radius 3 is 3.00 bits per heavy atom. The van der Waals surface area contributed by atoms with E-state index in [1.54, 1.807) is 6.08 Å². The molecule has 9 nitrogen and oxygen atoms in total. The first kappa shape index (κ1) is 20.6. The Labute approximate surface area is 179 Å². The van der Waals surface area contributed by atoms with Gasteiger partial charge in [-0.05, 0) is 6.92 Å². The van der Waals surface area contributed by atoms with Gasteiger partial charge in [0, 0.05) is 56.4 Å². The summed E-state index contributed by atoms with van der Waals surface area (Å²) in [5.41, 5.74) is 0. The molecule has 3 aliphatic rings. The molecule has 1 aliphatic carbocycles. The number of amides is 1. The molecule has 1 amide bonds. The number of rotatable bonds is 6. The number of likely N-dealkylation sites (tertiary alicyclic amines) is 1. The summed E-state index contributed by atoms with van der Waals surface area (Å²) in [6.07, 6.45) is 6.24. The van der Waals surface area contributed by atoms with E-state index in [2.05, 4.69) is 38.5 Å². The third kappa shape index (κ3) is 5.09. The summed E-state index contributed by atoms with van der Waals surface area (Å²) in [4.78, 5) is 23.2. The van der Waals surface area contributed by atoms with Crippen LogP contribution in [-0.2, 0) is 20.8 Å². The van der Waals surface area contributed by atoms with Gasteiger partial charge in [-0.3, -0.25) is 9.69 Å². The van der Waals surface area contributed by atoms with Gasteiger partial charge in [-0.15, -0.1) is 11.3 Å². The van der Waals surface area contributed by atoms with Crippen LogP contribution in [0, 0.1) is 17.2 Å². The van der Waals surface area contributed by atoms with E-state index in [4.69, 9.17) is 14.7 Å². The second-order valence-corrected chi connectivity index (χ2v) is 9.06. The molecule has 2 aliphatic heterocycles. The third-order valence-corrected chi connectivity index (χ3v) is 6.36. The molecule has 0 bridgehead atoms. The van der Waals surface area contributed by atoms with Gasteiger partial charge in [0.1, 0.15) is 18.9 Å². The monoisotopic (exact) mass is 430 g/mol. The van der Waals surface area contributed by atoms with Gasteiger partial charge >= 0.3 is 0 Å². The average Bonchev–Trinajstić information content (AvgIpc) is 3.24. The largest absolute Gasteiger partial charge is 0.474 e. The molecular weight excluding hydrogens is 404 g/mol. The van der Waals surface area contributed by atoms with E-state index in [0.29, 0.717) is 29.6 Å². The fourth-order valence-corrected chi connectivity index (χ4v) is 4.69. The summed E-state index contributed by atoms with van der Waals surface area (Å²) in [7, 11) is 0. The normalized spacial score (nSPS) is 28.4. The molecule has 1 saturated carbocycles. The van der Waals surface area contributed by atoms with Crippen LogP contribution in [-0.4, -0.2) is 53.2 Å². The highest BCUT2D eigenvalue weighted by molar-refractivity contribution is 7.15. The summed E-state index contributed by atoms with van der Waals surface area (Å²) in [6.45, 7) is 5.69. The number of hydrogen-bond donors (Lipinski definition) is 2. The van der Waals surface area contributed by atoms with E-state index in [9.17, 15) is 4.79 Å². The fourth-order valence-electron chi connectivity index (χ4n) is 3.81. The zero-order valence-electron chi connectivity index (χ0n) is 17.1. The molecule has 4 rings (SSSR count). The van der Waals surface area contributed by atoms with Crippen LogP contribution in [0.25, 0.3) is 0 Å². The van der Waals surface area contributed by atoms with Gasteiger partial charge in [-0.2, -0.15) is 5.26 Å². The number of nitrogens with one attached hydrogen (secondary N) is 2. The first-order valence-corrected chi connectivity index (χ1v) is 11.0. The molecule has 2 atom stereocenters. The molecule has 10 heteroatoms. The van der Waals surface area contributed by atoms with E-state index in [1.165, 1.54) is 18.3 Å². The van der Waals surface area contributed by atoms with Crippen molar-refractivity contribution in [3.63, 3.8) is 0 Å². The molecule has 1 aromatic rings. The fraction of sp³-hybridized carbons (Fsp3) is 0.600. The summed E-state index contributed by atoms with van der Waals surface area (Å²) in [6, 6.07) is 2.64. The summed E-state index contributed by atoms with van der Waals surface area (Å²) in [5, 5.41) is 15.4. The Balaban J connectivity index is 1.27. The van der Waals surface area contributed by atoms with E-state index < -0.39 is 0 Å². The van der Waals surface area contributed by atoms with E-state index in [1.807, 2.05) is 6.20 Å². The highest BCUT2D eigenvalue weighted by Crippen LogP contribution is 2.30. The number of anilines is 1. The maximum absolute atomic E-state index is 11.2. The highest BCUT2D eigenvalue weighted by Gasteiger charge is 2.33. The van der Waals surface area contributed by atoms with Crippen molar-refractivity contribution in [3.05, 3.63) is 23.0 Å². The van der Waals surface area contributed by atoms with Gasteiger partial charge < -0.3 is 20.1 Å². The van der Waals surface area contributed by atoms with E-state index in [-0.39, 0.29) is 24.0 Å². The van der Waals surface area contributed by atoms with Crippen molar-refractivity contribution in [1.82, 2.24) is 15.2 Å². The lowest BCUT2D eigenvalue weighted by atomic mass is 9.83. The molecule has 1 saturated heterocycles.